The van der Waals surface area contributed by atoms with E-state index in [4.69, 9.17) is 7.85 Å². The first-order valence-corrected chi connectivity index (χ1v) is 5.04. The van der Waals surface area contributed by atoms with Gasteiger partial charge in [-0.1, -0.05) is 13.8 Å². The van der Waals surface area contributed by atoms with Crippen molar-refractivity contribution in [1.82, 2.24) is 4.90 Å². The highest BCUT2D eigenvalue weighted by Crippen LogP contribution is 2.34. The van der Waals surface area contributed by atoms with Crippen LogP contribution in [0.5, 0.6) is 0 Å². The summed E-state index contributed by atoms with van der Waals surface area (Å²) < 4.78 is 0. The minimum Gasteiger partial charge on any atom is -0.304 e. The zero-order valence-corrected chi connectivity index (χ0v) is 8.80. The Labute approximate surface area is 77.9 Å². The van der Waals surface area contributed by atoms with Gasteiger partial charge >= 0.3 is 0 Å². The molecular weight excluding hydrogens is 145 g/mol. The molecule has 68 valence electrons. The molecule has 1 aliphatic heterocycles. The van der Waals surface area contributed by atoms with Crippen molar-refractivity contribution in [3.63, 3.8) is 0 Å². The predicted octanol–water partition coefficient (Wildman–Crippen LogP) is 2.01. The molecule has 1 nitrogen and oxygen atoms in total. The van der Waals surface area contributed by atoms with E-state index in [0.717, 1.165) is 6.42 Å². The summed E-state index contributed by atoms with van der Waals surface area (Å²) in [5, 5.41) is 0. The Morgan fingerprint density at radius 3 is 2.17 bits per heavy atom. The summed E-state index contributed by atoms with van der Waals surface area (Å²) >= 11 is 0. The van der Waals surface area contributed by atoms with Gasteiger partial charge in [-0.2, -0.15) is 0 Å². The van der Waals surface area contributed by atoms with E-state index < -0.39 is 0 Å². The average Bonchev–Trinajstić information content (AvgIpc) is 2.32. The zero-order valence-electron chi connectivity index (χ0n) is 8.80. The fourth-order valence-electron chi connectivity index (χ4n) is 2.24. The van der Waals surface area contributed by atoms with E-state index in [9.17, 15) is 0 Å². The molecule has 1 atom stereocenters. The van der Waals surface area contributed by atoms with Crippen LogP contribution in [0.1, 0.15) is 40.5 Å². The van der Waals surface area contributed by atoms with E-state index in [2.05, 4.69) is 32.6 Å². The van der Waals surface area contributed by atoms with E-state index in [1.54, 1.807) is 0 Å². The van der Waals surface area contributed by atoms with Crippen molar-refractivity contribution in [2.45, 2.75) is 52.0 Å². The van der Waals surface area contributed by atoms with Gasteiger partial charge in [-0.25, -0.2) is 0 Å². The van der Waals surface area contributed by atoms with Crippen LogP contribution in [0, 0.1) is 5.92 Å². The molecule has 2 heteroatoms. The van der Waals surface area contributed by atoms with Crippen LogP contribution < -0.4 is 0 Å². The second-order valence-corrected chi connectivity index (χ2v) is 4.54. The molecule has 0 aromatic carbocycles. The lowest BCUT2D eigenvalue weighted by Crippen LogP contribution is -2.51. The van der Waals surface area contributed by atoms with Gasteiger partial charge in [-0.3, -0.25) is 0 Å². The van der Waals surface area contributed by atoms with E-state index >= 15 is 0 Å². The summed E-state index contributed by atoms with van der Waals surface area (Å²) in [5.41, 5.74) is -0.0336. The van der Waals surface area contributed by atoms with Crippen LogP contribution in [0.3, 0.4) is 0 Å². The van der Waals surface area contributed by atoms with Crippen LogP contribution in [0.25, 0.3) is 0 Å². The van der Waals surface area contributed by atoms with Crippen molar-refractivity contribution in [2.24, 2.45) is 5.92 Å². The largest absolute Gasteiger partial charge is 0.304 e. The Kier molecular flexibility index (Phi) is 2.87. The highest BCUT2D eigenvalue weighted by Gasteiger charge is 2.39. The van der Waals surface area contributed by atoms with Crippen LogP contribution in [0.4, 0.5) is 0 Å². The summed E-state index contributed by atoms with van der Waals surface area (Å²) in [5.74, 6) is 0.558. The van der Waals surface area contributed by atoms with Gasteiger partial charge in [0.25, 0.3) is 0 Å². The van der Waals surface area contributed by atoms with Crippen LogP contribution >= 0.6 is 0 Å². The molecule has 2 radical (unpaired) electrons. The lowest BCUT2D eigenvalue weighted by atomic mass is 9.67. The molecule has 1 heterocycles. The minimum absolute atomic E-state index is 0.0336. The molecule has 1 aliphatic rings. The van der Waals surface area contributed by atoms with Gasteiger partial charge in [0.2, 0.25) is 0 Å². The Morgan fingerprint density at radius 1 is 1.25 bits per heavy atom. The van der Waals surface area contributed by atoms with Gasteiger partial charge in [0.1, 0.15) is 0 Å². The SMILES string of the molecule is [B][C@@]1(C(C)C)CCCN1C(C)C. The van der Waals surface area contributed by atoms with Crippen molar-refractivity contribution >= 4 is 7.85 Å². The molecule has 0 spiro atoms. The van der Waals surface area contributed by atoms with Crippen molar-refractivity contribution in [3.8, 4) is 0 Å². The third kappa shape index (κ3) is 1.54. The monoisotopic (exact) mass is 165 g/mol. The zero-order chi connectivity index (χ0) is 9.35. The first-order chi connectivity index (χ1) is 5.48. The summed E-state index contributed by atoms with van der Waals surface area (Å²) in [4.78, 5) is 2.44. The fraction of sp³-hybridized carbons (Fsp3) is 1.00. The molecule has 0 N–H and O–H groups in total. The maximum atomic E-state index is 6.37. The molecule has 0 aromatic rings. The molecule has 1 rings (SSSR count). The molecule has 0 aromatic heterocycles. The first kappa shape index (κ1) is 10.1. The number of rotatable bonds is 2. The summed E-state index contributed by atoms with van der Waals surface area (Å²) in [7, 11) is 6.37. The summed E-state index contributed by atoms with van der Waals surface area (Å²) in [6, 6.07) is 0.583. The maximum Gasteiger partial charge on any atom is 0.0961 e. The lowest BCUT2D eigenvalue weighted by molar-refractivity contribution is 0.130. The normalized spacial score (nSPS) is 32.2. The first-order valence-electron chi connectivity index (χ1n) is 5.04. The van der Waals surface area contributed by atoms with Crippen molar-refractivity contribution < 1.29 is 0 Å². The van der Waals surface area contributed by atoms with Crippen molar-refractivity contribution in [2.75, 3.05) is 6.54 Å². The van der Waals surface area contributed by atoms with E-state index in [1.165, 1.54) is 13.0 Å². The molecular formula is C10H20BN. The topological polar surface area (TPSA) is 3.24 Å². The van der Waals surface area contributed by atoms with Gasteiger partial charge in [-0.15, -0.1) is 0 Å². The van der Waals surface area contributed by atoms with Gasteiger partial charge in [0.05, 0.1) is 7.85 Å². The molecule has 12 heavy (non-hydrogen) atoms. The Morgan fingerprint density at radius 2 is 1.83 bits per heavy atom. The number of likely N-dealkylation sites (tertiary alicyclic amines) is 1. The second kappa shape index (κ2) is 3.41. The number of hydrogen-bond acceptors (Lipinski definition) is 1. The van der Waals surface area contributed by atoms with Crippen LogP contribution in [0.15, 0.2) is 0 Å². The lowest BCUT2D eigenvalue weighted by Gasteiger charge is -2.42. The predicted molar refractivity (Wildman–Crippen MR) is 54.4 cm³/mol. The standard InChI is InChI=1S/C10H20BN/c1-8(2)10(11)6-5-7-12(10)9(3)4/h8-9H,5-7H2,1-4H3/t10-/m0/s1. The van der Waals surface area contributed by atoms with Crippen LogP contribution in [-0.4, -0.2) is 30.8 Å². The molecule has 0 unspecified atom stereocenters. The van der Waals surface area contributed by atoms with E-state index in [0.29, 0.717) is 12.0 Å². The molecule has 0 saturated carbocycles. The Balaban J connectivity index is 2.74. The minimum atomic E-state index is -0.0336. The molecule has 0 bridgehead atoms. The Hall–Kier alpha value is 0.0249. The van der Waals surface area contributed by atoms with E-state index in [-0.39, 0.29) is 5.44 Å². The quantitative estimate of drug-likeness (QED) is 0.565. The van der Waals surface area contributed by atoms with Gasteiger partial charge in [0.15, 0.2) is 0 Å². The maximum absolute atomic E-state index is 6.37. The third-order valence-corrected chi connectivity index (χ3v) is 3.13. The van der Waals surface area contributed by atoms with Crippen molar-refractivity contribution in [1.29, 1.82) is 0 Å². The smallest absolute Gasteiger partial charge is 0.0961 e. The van der Waals surface area contributed by atoms with E-state index in [1.807, 2.05) is 0 Å². The van der Waals surface area contributed by atoms with Crippen molar-refractivity contribution in [3.05, 3.63) is 0 Å². The fourth-order valence-corrected chi connectivity index (χ4v) is 2.24. The van der Waals surface area contributed by atoms with Gasteiger partial charge in [0, 0.05) is 6.04 Å². The third-order valence-electron chi connectivity index (χ3n) is 3.13. The summed E-state index contributed by atoms with van der Waals surface area (Å²) in [6.45, 7) is 10.1. The van der Waals surface area contributed by atoms with Crippen LogP contribution in [-0.2, 0) is 0 Å². The second-order valence-electron chi connectivity index (χ2n) is 4.54. The highest BCUT2D eigenvalue weighted by molar-refractivity contribution is 6.15. The highest BCUT2D eigenvalue weighted by atomic mass is 15.2. The molecule has 0 aliphatic carbocycles. The van der Waals surface area contributed by atoms with Gasteiger partial charge < -0.3 is 4.90 Å². The molecule has 1 saturated heterocycles. The number of hydrogen-bond donors (Lipinski definition) is 0. The van der Waals surface area contributed by atoms with Gasteiger partial charge in [-0.05, 0) is 44.6 Å². The number of nitrogens with zero attached hydrogens (tertiary/aromatic N) is 1. The average molecular weight is 165 g/mol. The Bertz CT molecular complexity index is 156. The molecule has 1 fully saturated rings. The summed E-state index contributed by atoms with van der Waals surface area (Å²) in [6.07, 6.45) is 2.41. The van der Waals surface area contributed by atoms with Crippen LogP contribution in [0.2, 0.25) is 0 Å². The molecule has 0 amide bonds.